The Hall–Kier alpha value is -2.76. The van der Waals surface area contributed by atoms with Crippen LogP contribution in [0.15, 0.2) is 24.3 Å². The van der Waals surface area contributed by atoms with Gasteiger partial charge in [-0.1, -0.05) is 12.1 Å². The van der Waals surface area contributed by atoms with Crippen molar-refractivity contribution in [3.63, 3.8) is 0 Å². The van der Waals surface area contributed by atoms with Crippen LogP contribution in [0, 0.1) is 34.6 Å². The highest BCUT2D eigenvalue weighted by atomic mass is 19.4. The average molecular weight is 335 g/mol. The second kappa shape index (κ2) is 5.79. The molecule has 0 atom stereocenters. The summed E-state index contributed by atoms with van der Waals surface area (Å²) in [4.78, 5) is 0. The van der Waals surface area contributed by atoms with E-state index in [4.69, 9.17) is 5.26 Å². The van der Waals surface area contributed by atoms with Crippen molar-refractivity contribution in [1.29, 1.82) is 5.26 Å². The standard InChI is InChI=1S/C14H4F7NO/c15-10-8(5-22)11(16)13(18)9(12(10)17)6-1-3-7(4-2-6)23-14(19,20)21/h1-4H. The second-order valence-corrected chi connectivity index (χ2v) is 4.19. The maximum absolute atomic E-state index is 13.8. The van der Waals surface area contributed by atoms with Crippen molar-refractivity contribution in [2.45, 2.75) is 6.36 Å². The van der Waals surface area contributed by atoms with E-state index in [1.165, 1.54) is 0 Å². The van der Waals surface area contributed by atoms with Gasteiger partial charge in [0.25, 0.3) is 0 Å². The zero-order chi connectivity index (χ0) is 17.4. The predicted octanol–water partition coefficient (Wildman–Crippen LogP) is 4.68. The maximum atomic E-state index is 13.8. The predicted molar refractivity (Wildman–Crippen MR) is 63.1 cm³/mol. The first kappa shape index (κ1) is 16.6. The number of benzene rings is 2. The zero-order valence-electron chi connectivity index (χ0n) is 10.8. The topological polar surface area (TPSA) is 33.0 Å². The molecule has 0 heterocycles. The summed E-state index contributed by atoms with van der Waals surface area (Å²) >= 11 is 0. The monoisotopic (exact) mass is 335 g/mol. The molecular weight excluding hydrogens is 331 g/mol. The molecule has 0 aliphatic heterocycles. The summed E-state index contributed by atoms with van der Waals surface area (Å²) in [6.45, 7) is 0. The van der Waals surface area contributed by atoms with Crippen molar-refractivity contribution < 1.29 is 35.5 Å². The van der Waals surface area contributed by atoms with Crippen LogP contribution in [0.4, 0.5) is 30.7 Å². The Kier molecular flexibility index (Phi) is 4.18. The van der Waals surface area contributed by atoms with E-state index in [2.05, 4.69) is 4.74 Å². The van der Waals surface area contributed by atoms with Crippen LogP contribution in [0.5, 0.6) is 5.75 Å². The average Bonchev–Trinajstić information content (AvgIpc) is 2.46. The fraction of sp³-hybridized carbons (Fsp3) is 0.0714. The van der Waals surface area contributed by atoms with E-state index in [0.717, 1.165) is 30.3 Å². The molecule has 0 bridgehead atoms. The van der Waals surface area contributed by atoms with Gasteiger partial charge in [0.2, 0.25) is 0 Å². The smallest absolute Gasteiger partial charge is 0.406 e. The molecule has 0 saturated heterocycles. The lowest BCUT2D eigenvalue weighted by atomic mass is 10.0. The molecule has 9 heteroatoms. The molecule has 2 aromatic rings. The first-order valence-electron chi connectivity index (χ1n) is 5.78. The van der Waals surface area contributed by atoms with E-state index in [1.54, 1.807) is 0 Å². The SMILES string of the molecule is N#Cc1c(F)c(F)c(-c2ccc(OC(F)(F)F)cc2)c(F)c1F. The maximum Gasteiger partial charge on any atom is 0.573 e. The van der Waals surface area contributed by atoms with Crippen LogP contribution in [-0.2, 0) is 0 Å². The fourth-order valence-electron chi connectivity index (χ4n) is 1.81. The summed E-state index contributed by atoms with van der Waals surface area (Å²) in [6, 6.07) is 3.99. The third kappa shape index (κ3) is 3.21. The number of hydrogen-bond acceptors (Lipinski definition) is 2. The Bertz CT molecular complexity index is 762. The van der Waals surface area contributed by atoms with Crippen molar-refractivity contribution in [3.8, 4) is 22.9 Å². The molecule has 0 unspecified atom stereocenters. The van der Waals surface area contributed by atoms with Crippen molar-refractivity contribution in [1.82, 2.24) is 0 Å². The minimum Gasteiger partial charge on any atom is -0.406 e. The van der Waals surface area contributed by atoms with Crippen molar-refractivity contribution in [3.05, 3.63) is 53.1 Å². The molecule has 23 heavy (non-hydrogen) atoms. The van der Waals surface area contributed by atoms with Crippen LogP contribution in [0.25, 0.3) is 11.1 Å². The summed E-state index contributed by atoms with van der Waals surface area (Å²) < 4.78 is 94.2. The van der Waals surface area contributed by atoms with Gasteiger partial charge in [0, 0.05) is 0 Å². The highest BCUT2D eigenvalue weighted by molar-refractivity contribution is 5.67. The van der Waals surface area contributed by atoms with Crippen LogP contribution in [0.2, 0.25) is 0 Å². The quantitative estimate of drug-likeness (QED) is 0.590. The lowest BCUT2D eigenvalue weighted by molar-refractivity contribution is -0.274. The normalized spacial score (nSPS) is 11.2. The number of ether oxygens (including phenoxy) is 1. The molecule has 2 rings (SSSR count). The van der Waals surface area contributed by atoms with Crippen LogP contribution in [-0.4, -0.2) is 6.36 Å². The van der Waals surface area contributed by atoms with Crippen molar-refractivity contribution in [2.75, 3.05) is 0 Å². The van der Waals surface area contributed by atoms with Gasteiger partial charge in [-0.3, -0.25) is 0 Å². The van der Waals surface area contributed by atoms with Gasteiger partial charge < -0.3 is 4.74 Å². The van der Waals surface area contributed by atoms with Crippen molar-refractivity contribution >= 4 is 0 Å². The molecule has 0 N–H and O–H groups in total. The molecule has 0 fully saturated rings. The number of halogens is 7. The second-order valence-electron chi connectivity index (χ2n) is 4.19. The van der Waals surface area contributed by atoms with E-state index in [1.807, 2.05) is 0 Å². The number of rotatable bonds is 2. The van der Waals surface area contributed by atoms with E-state index >= 15 is 0 Å². The molecule has 120 valence electrons. The third-order valence-corrected chi connectivity index (χ3v) is 2.75. The van der Waals surface area contributed by atoms with Crippen molar-refractivity contribution in [2.24, 2.45) is 0 Å². The molecular formula is C14H4F7NO. The van der Waals surface area contributed by atoms with Crippen LogP contribution in [0.3, 0.4) is 0 Å². The van der Waals surface area contributed by atoms with Gasteiger partial charge in [0.15, 0.2) is 23.3 Å². The number of hydrogen-bond donors (Lipinski definition) is 0. The van der Waals surface area contributed by atoms with Gasteiger partial charge in [0.05, 0.1) is 5.56 Å². The summed E-state index contributed by atoms with van der Waals surface area (Å²) in [5.74, 6) is -8.12. The van der Waals surface area contributed by atoms with E-state index in [-0.39, 0.29) is 0 Å². The first-order valence-corrected chi connectivity index (χ1v) is 5.78. The molecule has 0 radical (unpaired) electrons. The van der Waals surface area contributed by atoms with E-state index in [9.17, 15) is 30.7 Å². The van der Waals surface area contributed by atoms with Gasteiger partial charge in [-0.2, -0.15) is 5.26 Å². The van der Waals surface area contributed by atoms with E-state index < -0.39 is 52.1 Å². The Labute approximate surface area is 124 Å². The van der Waals surface area contributed by atoms with Gasteiger partial charge in [-0.05, 0) is 17.7 Å². The largest absolute Gasteiger partial charge is 0.573 e. The number of nitrogens with zero attached hydrogens (tertiary/aromatic N) is 1. The van der Waals surface area contributed by atoms with Crippen LogP contribution >= 0.6 is 0 Å². The lowest BCUT2D eigenvalue weighted by Crippen LogP contribution is -2.17. The van der Waals surface area contributed by atoms with E-state index in [0.29, 0.717) is 0 Å². The Balaban J connectivity index is 2.54. The first-order chi connectivity index (χ1) is 10.7. The lowest BCUT2D eigenvalue weighted by Gasteiger charge is -2.11. The Morgan fingerprint density at radius 3 is 1.70 bits per heavy atom. The van der Waals surface area contributed by atoms with Gasteiger partial charge in [0.1, 0.15) is 17.4 Å². The summed E-state index contributed by atoms with van der Waals surface area (Å²) in [7, 11) is 0. The molecule has 0 spiro atoms. The van der Waals surface area contributed by atoms with Crippen LogP contribution < -0.4 is 4.74 Å². The minimum absolute atomic E-state index is 0.434. The van der Waals surface area contributed by atoms with Gasteiger partial charge in [-0.15, -0.1) is 13.2 Å². The molecule has 0 aromatic heterocycles. The Morgan fingerprint density at radius 1 is 0.826 bits per heavy atom. The molecule has 0 aliphatic rings. The molecule has 2 aromatic carbocycles. The summed E-state index contributed by atoms with van der Waals surface area (Å²) in [5, 5.41) is 8.47. The molecule has 0 saturated carbocycles. The highest BCUT2D eigenvalue weighted by Gasteiger charge is 2.31. The van der Waals surface area contributed by atoms with Crippen LogP contribution in [0.1, 0.15) is 5.56 Å². The minimum atomic E-state index is -4.97. The highest BCUT2D eigenvalue weighted by Crippen LogP contribution is 2.33. The van der Waals surface area contributed by atoms with Gasteiger partial charge >= 0.3 is 6.36 Å². The third-order valence-electron chi connectivity index (χ3n) is 2.75. The van der Waals surface area contributed by atoms with Gasteiger partial charge in [-0.25, -0.2) is 17.6 Å². The molecule has 0 aliphatic carbocycles. The molecule has 2 nitrogen and oxygen atoms in total. The zero-order valence-corrected chi connectivity index (χ0v) is 10.8. The summed E-state index contributed by atoms with van der Waals surface area (Å²) in [6.07, 6.45) is -4.97. The fourth-order valence-corrected chi connectivity index (χ4v) is 1.81. The molecule has 0 amide bonds. The number of alkyl halides is 3. The summed E-state index contributed by atoms with van der Waals surface area (Å²) in [5.41, 5.74) is -3.00. The number of nitriles is 1. The Morgan fingerprint density at radius 2 is 1.30 bits per heavy atom.